The molecule has 1 saturated carbocycles. The molecule has 1 unspecified atom stereocenters. The van der Waals surface area contributed by atoms with Crippen molar-refractivity contribution in [2.45, 2.75) is 77.3 Å². The fraction of sp³-hybridized carbons (Fsp3) is 0.929. The zero-order valence-corrected chi connectivity index (χ0v) is 11.4. The van der Waals surface area contributed by atoms with Crippen molar-refractivity contribution in [2.75, 3.05) is 0 Å². The molecule has 3 heteroatoms. The van der Waals surface area contributed by atoms with E-state index in [0.29, 0.717) is 12.0 Å². The van der Waals surface area contributed by atoms with Crippen LogP contribution in [0.25, 0.3) is 0 Å². The van der Waals surface area contributed by atoms with Crippen molar-refractivity contribution in [3.63, 3.8) is 0 Å². The summed E-state index contributed by atoms with van der Waals surface area (Å²) in [5, 5.41) is 3.16. The summed E-state index contributed by atoms with van der Waals surface area (Å²) in [6, 6.07) is 0.0170. The Labute approximate surface area is 106 Å². The molecule has 2 atom stereocenters. The first-order valence-corrected chi connectivity index (χ1v) is 7.25. The molecule has 0 aliphatic heterocycles. The van der Waals surface area contributed by atoms with Gasteiger partial charge in [-0.3, -0.25) is 4.79 Å². The van der Waals surface area contributed by atoms with Crippen molar-refractivity contribution in [1.82, 2.24) is 5.32 Å². The molecule has 1 amide bonds. The van der Waals surface area contributed by atoms with Gasteiger partial charge in [0.25, 0.3) is 0 Å². The van der Waals surface area contributed by atoms with Crippen LogP contribution in [0, 0.1) is 5.92 Å². The normalized spacial score (nSPS) is 20.9. The smallest absolute Gasteiger partial charge is 0.237 e. The summed E-state index contributed by atoms with van der Waals surface area (Å²) in [5.74, 6) is 0.718. The maximum absolute atomic E-state index is 11.9. The first kappa shape index (κ1) is 14.5. The predicted molar refractivity (Wildman–Crippen MR) is 71.7 cm³/mol. The summed E-state index contributed by atoms with van der Waals surface area (Å²) < 4.78 is 0. The van der Waals surface area contributed by atoms with Crippen LogP contribution in [-0.4, -0.2) is 18.0 Å². The van der Waals surface area contributed by atoms with Crippen molar-refractivity contribution >= 4 is 5.91 Å². The molecule has 0 heterocycles. The second-order valence-electron chi connectivity index (χ2n) is 5.32. The molecular formula is C14H28N2O. The van der Waals surface area contributed by atoms with Crippen LogP contribution < -0.4 is 11.1 Å². The molecule has 0 aromatic heterocycles. The zero-order chi connectivity index (χ0) is 12.7. The molecule has 0 aromatic carbocycles. The van der Waals surface area contributed by atoms with E-state index in [1.165, 1.54) is 32.1 Å². The van der Waals surface area contributed by atoms with E-state index < -0.39 is 0 Å². The van der Waals surface area contributed by atoms with Crippen molar-refractivity contribution in [3.8, 4) is 0 Å². The summed E-state index contributed by atoms with van der Waals surface area (Å²) in [5.41, 5.74) is 5.85. The van der Waals surface area contributed by atoms with Gasteiger partial charge in [0.2, 0.25) is 5.91 Å². The molecule has 0 aromatic rings. The van der Waals surface area contributed by atoms with Gasteiger partial charge in [0.05, 0.1) is 6.04 Å². The Morgan fingerprint density at radius 2 is 1.94 bits per heavy atom. The van der Waals surface area contributed by atoms with Gasteiger partial charge < -0.3 is 11.1 Å². The minimum atomic E-state index is -0.322. The lowest BCUT2D eigenvalue weighted by atomic mass is 9.83. The van der Waals surface area contributed by atoms with E-state index in [1.807, 2.05) is 0 Å². The van der Waals surface area contributed by atoms with Gasteiger partial charge in [-0.1, -0.05) is 39.5 Å². The van der Waals surface area contributed by atoms with Crippen molar-refractivity contribution < 1.29 is 4.79 Å². The molecule has 3 nitrogen and oxygen atoms in total. The minimum Gasteiger partial charge on any atom is -0.352 e. The van der Waals surface area contributed by atoms with Gasteiger partial charge in [-0.2, -0.15) is 0 Å². The molecule has 1 fully saturated rings. The molecule has 0 radical (unpaired) electrons. The Balaban J connectivity index is 2.42. The zero-order valence-electron chi connectivity index (χ0n) is 11.4. The van der Waals surface area contributed by atoms with Crippen LogP contribution in [0.2, 0.25) is 0 Å². The van der Waals surface area contributed by atoms with Gasteiger partial charge in [0.1, 0.15) is 0 Å². The van der Waals surface area contributed by atoms with Crippen LogP contribution in [0.5, 0.6) is 0 Å². The molecule has 100 valence electrons. The van der Waals surface area contributed by atoms with E-state index in [-0.39, 0.29) is 11.9 Å². The third-order valence-electron chi connectivity index (χ3n) is 3.92. The minimum absolute atomic E-state index is 0.0456. The fourth-order valence-electron chi connectivity index (χ4n) is 2.82. The highest BCUT2D eigenvalue weighted by molar-refractivity contribution is 5.81. The number of hydrogen-bond acceptors (Lipinski definition) is 2. The average molecular weight is 240 g/mol. The molecule has 1 rings (SSSR count). The highest BCUT2D eigenvalue weighted by atomic mass is 16.2. The second-order valence-corrected chi connectivity index (χ2v) is 5.32. The predicted octanol–water partition coefficient (Wildman–Crippen LogP) is 2.59. The van der Waals surface area contributed by atoms with Gasteiger partial charge in [-0.15, -0.1) is 0 Å². The van der Waals surface area contributed by atoms with Crippen LogP contribution in [0.1, 0.15) is 65.2 Å². The lowest BCUT2D eigenvalue weighted by molar-refractivity contribution is -0.123. The number of nitrogens with two attached hydrogens (primary N) is 1. The van der Waals surface area contributed by atoms with Crippen LogP contribution in [0.15, 0.2) is 0 Å². The van der Waals surface area contributed by atoms with Crippen LogP contribution >= 0.6 is 0 Å². The average Bonchev–Trinajstić information content (AvgIpc) is 2.37. The van der Waals surface area contributed by atoms with E-state index in [4.69, 9.17) is 5.73 Å². The number of amides is 1. The molecule has 3 N–H and O–H groups in total. The standard InChI is InChI=1S/C14H28N2O/c1-3-8-12(15)14(17)16-13(4-2)11-9-6-5-7-10-11/h11-13H,3-10,15H2,1-2H3,(H,16,17)/t12-,13?/m1/s1. The number of nitrogens with one attached hydrogen (secondary N) is 1. The number of hydrogen-bond donors (Lipinski definition) is 2. The van der Waals surface area contributed by atoms with Crippen LogP contribution in [-0.2, 0) is 4.79 Å². The molecule has 0 bridgehead atoms. The monoisotopic (exact) mass is 240 g/mol. The second kappa shape index (κ2) is 7.70. The molecule has 1 aliphatic rings. The highest BCUT2D eigenvalue weighted by Gasteiger charge is 2.25. The maximum atomic E-state index is 11.9. The number of rotatable bonds is 6. The van der Waals surface area contributed by atoms with Gasteiger partial charge in [0.15, 0.2) is 0 Å². The Hall–Kier alpha value is -0.570. The van der Waals surface area contributed by atoms with Crippen LogP contribution in [0.3, 0.4) is 0 Å². The summed E-state index contributed by atoms with van der Waals surface area (Å²) in [6.07, 6.45) is 9.30. The Morgan fingerprint density at radius 1 is 1.29 bits per heavy atom. The number of carbonyl (C=O) groups excluding carboxylic acids is 1. The largest absolute Gasteiger partial charge is 0.352 e. The number of carbonyl (C=O) groups is 1. The van der Waals surface area contributed by atoms with Crippen molar-refractivity contribution in [1.29, 1.82) is 0 Å². The van der Waals surface area contributed by atoms with Crippen molar-refractivity contribution in [2.24, 2.45) is 11.7 Å². The molecule has 1 aliphatic carbocycles. The van der Waals surface area contributed by atoms with E-state index >= 15 is 0 Å². The fourth-order valence-corrected chi connectivity index (χ4v) is 2.82. The lowest BCUT2D eigenvalue weighted by Crippen LogP contribution is -2.48. The van der Waals surface area contributed by atoms with Gasteiger partial charge in [0, 0.05) is 6.04 Å². The third-order valence-corrected chi connectivity index (χ3v) is 3.92. The Kier molecular flexibility index (Phi) is 6.56. The maximum Gasteiger partial charge on any atom is 0.237 e. The SMILES string of the molecule is CCC[C@@H](N)C(=O)NC(CC)C1CCCCC1. The first-order valence-electron chi connectivity index (χ1n) is 7.25. The van der Waals surface area contributed by atoms with Crippen molar-refractivity contribution in [3.05, 3.63) is 0 Å². The molecular weight excluding hydrogens is 212 g/mol. The first-order chi connectivity index (χ1) is 8.19. The lowest BCUT2D eigenvalue weighted by Gasteiger charge is -2.31. The highest BCUT2D eigenvalue weighted by Crippen LogP contribution is 2.27. The summed E-state index contributed by atoms with van der Waals surface area (Å²) in [4.78, 5) is 11.9. The summed E-state index contributed by atoms with van der Waals surface area (Å²) in [6.45, 7) is 4.22. The van der Waals surface area contributed by atoms with E-state index in [0.717, 1.165) is 19.3 Å². The molecule has 0 spiro atoms. The Bertz CT molecular complexity index is 224. The quantitative estimate of drug-likeness (QED) is 0.750. The van der Waals surface area contributed by atoms with E-state index in [1.54, 1.807) is 0 Å². The van der Waals surface area contributed by atoms with E-state index in [2.05, 4.69) is 19.2 Å². The summed E-state index contributed by atoms with van der Waals surface area (Å²) >= 11 is 0. The summed E-state index contributed by atoms with van der Waals surface area (Å²) in [7, 11) is 0. The molecule has 0 saturated heterocycles. The molecule has 17 heavy (non-hydrogen) atoms. The van der Waals surface area contributed by atoms with Crippen LogP contribution in [0.4, 0.5) is 0 Å². The van der Waals surface area contributed by atoms with E-state index in [9.17, 15) is 4.79 Å². The van der Waals surface area contributed by atoms with Gasteiger partial charge in [-0.25, -0.2) is 0 Å². The van der Waals surface area contributed by atoms with Gasteiger partial charge in [-0.05, 0) is 31.6 Å². The van der Waals surface area contributed by atoms with Gasteiger partial charge >= 0.3 is 0 Å². The Morgan fingerprint density at radius 3 is 2.47 bits per heavy atom. The topological polar surface area (TPSA) is 55.1 Å². The third kappa shape index (κ3) is 4.66.